The second-order valence-electron chi connectivity index (χ2n) is 5.45. The van der Waals surface area contributed by atoms with E-state index in [0.717, 1.165) is 31.8 Å². The van der Waals surface area contributed by atoms with Crippen LogP contribution in [0.25, 0.3) is 0 Å². The molecular formula is C17H32O6. The van der Waals surface area contributed by atoms with E-state index in [1.807, 2.05) is 6.92 Å². The summed E-state index contributed by atoms with van der Waals surface area (Å²) in [5.41, 5.74) is -1.23. The smallest absolute Gasteiger partial charge is 0.332 e. The maximum absolute atomic E-state index is 11.5. The van der Waals surface area contributed by atoms with Crippen molar-refractivity contribution < 1.29 is 29.2 Å². The van der Waals surface area contributed by atoms with Crippen LogP contribution in [0.4, 0.5) is 0 Å². The molecule has 0 amide bonds. The third kappa shape index (κ3) is 9.71. The highest BCUT2D eigenvalue weighted by Crippen LogP contribution is 2.27. The lowest BCUT2D eigenvalue weighted by Gasteiger charge is -2.34. The van der Waals surface area contributed by atoms with Gasteiger partial charge in [0, 0.05) is 6.08 Å². The molecule has 0 saturated heterocycles. The van der Waals surface area contributed by atoms with Crippen molar-refractivity contribution in [3.8, 4) is 0 Å². The van der Waals surface area contributed by atoms with Crippen LogP contribution in [0.5, 0.6) is 0 Å². The maximum Gasteiger partial charge on any atom is 0.332 e. The number of ether oxygens (including phenoxy) is 3. The fourth-order valence-electron chi connectivity index (χ4n) is 2.15. The Balaban J connectivity index is 4.61. The molecule has 0 spiro atoms. The quantitative estimate of drug-likeness (QED) is 0.207. The standard InChI is InChI=1S/C17H32O6/c1-4-7-8-9-10-17(20,6-3)16(23-15(19)5-2)22-14-13-21-12-11-18/h5,16,18,20H,2,4,6-14H2,1,3H3. The monoisotopic (exact) mass is 332 g/mol. The van der Waals surface area contributed by atoms with Crippen molar-refractivity contribution in [1.82, 2.24) is 0 Å². The van der Waals surface area contributed by atoms with Crippen LogP contribution in [0, 0.1) is 0 Å². The molecule has 0 aliphatic rings. The van der Waals surface area contributed by atoms with Crippen molar-refractivity contribution in [2.45, 2.75) is 64.3 Å². The number of unbranched alkanes of at least 4 members (excludes halogenated alkanes) is 3. The fourth-order valence-corrected chi connectivity index (χ4v) is 2.15. The molecule has 0 aromatic carbocycles. The first-order chi connectivity index (χ1) is 11.0. The molecule has 0 aromatic heterocycles. The maximum atomic E-state index is 11.5. The van der Waals surface area contributed by atoms with Crippen molar-refractivity contribution in [2.75, 3.05) is 26.4 Å². The molecule has 0 fully saturated rings. The van der Waals surface area contributed by atoms with Gasteiger partial charge in [0.2, 0.25) is 6.29 Å². The van der Waals surface area contributed by atoms with Crippen molar-refractivity contribution >= 4 is 5.97 Å². The van der Waals surface area contributed by atoms with Crippen LogP contribution in [0.1, 0.15) is 52.4 Å². The second kappa shape index (κ2) is 13.5. The van der Waals surface area contributed by atoms with Gasteiger partial charge in [0.05, 0.1) is 26.4 Å². The lowest BCUT2D eigenvalue weighted by Crippen LogP contribution is -2.46. The Hall–Kier alpha value is -0.950. The van der Waals surface area contributed by atoms with E-state index in [0.29, 0.717) is 12.8 Å². The van der Waals surface area contributed by atoms with Gasteiger partial charge in [-0.25, -0.2) is 4.79 Å². The predicted molar refractivity (Wildman–Crippen MR) is 87.9 cm³/mol. The Morgan fingerprint density at radius 3 is 2.52 bits per heavy atom. The minimum absolute atomic E-state index is 0.0643. The second-order valence-corrected chi connectivity index (χ2v) is 5.45. The minimum Gasteiger partial charge on any atom is -0.429 e. The number of hydrogen-bond donors (Lipinski definition) is 2. The molecule has 0 rings (SSSR count). The number of rotatable bonds is 15. The molecule has 2 N–H and O–H groups in total. The molecule has 0 bridgehead atoms. The van der Waals surface area contributed by atoms with Gasteiger partial charge in [0.1, 0.15) is 5.60 Å². The molecule has 2 unspecified atom stereocenters. The first kappa shape index (κ1) is 22.1. The zero-order chi connectivity index (χ0) is 17.6. The van der Waals surface area contributed by atoms with E-state index in [9.17, 15) is 9.90 Å². The summed E-state index contributed by atoms with van der Waals surface area (Å²) in [5, 5.41) is 19.5. The van der Waals surface area contributed by atoms with E-state index in [1.165, 1.54) is 0 Å². The van der Waals surface area contributed by atoms with E-state index < -0.39 is 17.9 Å². The first-order valence-electron chi connectivity index (χ1n) is 8.39. The van der Waals surface area contributed by atoms with Crippen molar-refractivity contribution in [3.05, 3.63) is 12.7 Å². The van der Waals surface area contributed by atoms with Crippen LogP contribution in [-0.2, 0) is 19.0 Å². The van der Waals surface area contributed by atoms with E-state index in [2.05, 4.69) is 13.5 Å². The average molecular weight is 332 g/mol. The molecule has 0 aliphatic heterocycles. The highest BCUT2D eigenvalue weighted by molar-refractivity contribution is 5.81. The summed E-state index contributed by atoms with van der Waals surface area (Å²) in [6, 6.07) is 0. The Morgan fingerprint density at radius 1 is 1.22 bits per heavy atom. The molecule has 6 heteroatoms. The molecule has 0 radical (unpaired) electrons. The third-order valence-corrected chi connectivity index (χ3v) is 3.64. The third-order valence-electron chi connectivity index (χ3n) is 3.64. The van der Waals surface area contributed by atoms with Gasteiger partial charge in [0.25, 0.3) is 0 Å². The minimum atomic E-state index is -1.23. The summed E-state index contributed by atoms with van der Waals surface area (Å²) in [6.07, 6.45) is 4.96. The lowest BCUT2D eigenvalue weighted by molar-refractivity contribution is -0.237. The van der Waals surface area contributed by atoms with Gasteiger partial charge in [-0.1, -0.05) is 46.1 Å². The molecule has 0 heterocycles. The SMILES string of the molecule is C=CC(=O)OC(OCCOCCO)C(O)(CC)CCCCCC. The molecule has 0 saturated carbocycles. The van der Waals surface area contributed by atoms with E-state index in [4.69, 9.17) is 19.3 Å². The van der Waals surface area contributed by atoms with E-state index in [1.54, 1.807) is 0 Å². The van der Waals surface area contributed by atoms with Gasteiger partial charge in [-0.05, 0) is 12.8 Å². The van der Waals surface area contributed by atoms with Gasteiger partial charge >= 0.3 is 5.97 Å². The van der Waals surface area contributed by atoms with E-state index in [-0.39, 0.29) is 26.4 Å². The summed E-state index contributed by atoms with van der Waals surface area (Å²) in [7, 11) is 0. The summed E-state index contributed by atoms with van der Waals surface area (Å²) in [6.45, 7) is 7.88. The normalized spacial score (nSPS) is 15.0. The number of carbonyl (C=O) groups is 1. The molecule has 0 aromatic rings. The molecule has 23 heavy (non-hydrogen) atoms. The molecular weight excluding hydrogens is 300 g/mol. The van der Waals surface area contributed by atoms with Crippen LogP contribution in [0.2, 0.25) is 0 Å². The number of carbonyl (C=O) groups excluding carboxylic acids is 1. The van der Waals surface area contributed by atoms with Gasteiger partial charge in [0.15, 0.2) is 0 Å². The topological polar surface area (TPSA) is 85.2 Å². The van der Waals surface area contributed by atoms with Crippen molar-refractivity contribution in [3.63, 3.8) is 0 Å². The highest BCUT2D eigenvalue weighted by Gasteiger charge is 2.38. The molecule has 6 nitrogen and oxygen atoms in total. The lowest BCUT2D eigenvalue weighted by atomic mass is 9.92. The van der Waals surface area contributed by atoms with Gasteiger partial charge in [-0.2, -0.15) is 0 Å². The number of hydrogen-bond acceptors (Lipinski definition) is 6. The summed E-state index contributed by atoms with van der Waals surface area (Å²) >= 11 is 0. The predicted octanol–water partition coefficient (Wildman–Crippen LogP) is 2.18. The van der Waals surface area contributed by atoms with Crippen LogP contribution in [-0.4, -0.2) is 54.5 Å². The zero-order valence-corrected chi connectivity index (χ0v) is 14.5. The molecule has 0 aliphatic carbocycles. The van der Waals surface area contributed by atoms with Crippen LogP contribution in [0.3, 0.4) is 0 Å². The number of aliphatic hydroxyl groups excluding tert-OH is 1. The van der Waals surface area contributed by atoms with Gasteiger partial charge < -0.3 is 24.4 Å². The van der Waals surface area contributed by atoms with Crippen molar-refractivity contribution in [2.24, 2.45) is 0 Å². The molecule has 136 valence electrons. The average Bonchev–Trinajstić information content (AvgIpc) is 2.57. The zero-order valence-electron chi connectivity index (χ0n) is 14.5. The van der Waals surface area contributed by atoms with Gasteiger partial charge in [-0.3, -0.25) is 0 Å². The fraction of sp³-hybridized carbons (Fsp3) is 0.824. The van der Waals surface area contributed by atoms with Crippen LogP contribution < -0.4 is 0 Å². The number of aliphatic hydroxyl groups is 2. The highest BCUT2D eigenvalue weighted by atomic mass is 16.7. The Bertz CT molecular complexity index is 320. The molecule has 2 atom stereocenters. The summed E-state index contributed by atoms with van der Waals surface area (Å²) < 4.78 is 15.8. The van der Waals surface area contributed by atoms with Gasteiger partial charge in [-0.15, -0.1) is 0 Å². The van der Waals surface area contributed by atoms with Crippen LogP contribution in [0.15, 0.2) is 12.7 Å². The Labute approximate surface area is 139 Å². The number of esters is 1. The first-order valence-corrected chi connectivity index (χ1v) is 8.39. The Kier molecular flexibility index (Phi) is 12.9. The summed E-state index contributed by atoms with van der Waals surface area (Å²) in [5.74, 6) is -0.633. The van der Waals surface area contributed by atoms with E-state index >= 15 is 0 Å². The Morgan fingerprint density at radius 2 is 1.96 bits per heavy atom. The largest absolute Gasteiger partial charge is 0.429 e. The van der Waals surface area contributed by atoms with Crippen LogP contribution >= 0.6 is 0 Å². The summed E-state index contributed by atoms with van der Waals surface area (Å²) in [4.78, 5) is 11.5. The van der Waals surface area contributed by atoms with Crippen molar-refractivity contribution in [1.29, 1.82) is 0 Å².